The van der Waals surface area contributed by atoms with Gasteiger partial charge in [0.1, 0.15) is 36.9 Å². The van der Waals surface area contributed by atoms with Crippen molar-refractivity contribution >= 4 is 35.0 Å². The number of nitrogens with two attached hydrogens (primary N) is 2. The first-order valence-electron chi connectivity index (χ1n) is 11.8. The Hall–Kier alpha value is -3.27. The zero-order valence-electron chi connectivity index (χ0n) is 20.7. The van der Waals surface area contributed by atoms with Crippen LogP contribution in [0.15, 0.2) is 52.4 Å². The average Bonchev–Trinajstić information content (AvgIpc) is 3.44. The first-order valence-corrected chi connectivity index (χ1v) is 12.2. The van der Waals surface area contributed by atoms with E-state index in [0.29, 0.717) is 44.1 Å². The van der Waals surface area contributed by atoms with Crippen LogP contribution in [0.2, 0.25) is 5.02 Å². The number of amidine groups is 2. The van der Waals surface area contributed by atoms with Crippen molar-refractivity contribution in [3.8, 4) is 0 Å². The van der Waals surface area contributed by atoms with Gasteiger partial charge in [0.2, 0.25) is 0 Å². The van der Waals surface area contributed by atoms with Crippen LogP contribution in [0.25, 0.3) is 0 Å². The molecule has 2 aliphatic rings. The second-order valence-corrected chi connectivity index (χ2v) is 9.16. The lowest BCUT2D eigenvalue weighted by molar-refractivity contribution is 0.312. The summed E-state index contributed by atoms with van der Waals surface area (Å²) in [5, 5.41) is 0.744. The minimum Gasteiger partial charge on any atom is -0.463 e. The van der Waals surface area contributed by atoms with Gasteiger partial charge in [-0.3, -0.25) is 0 Å². The summed E-state index contributed by atoms with van der Waals surface area (Å²) in [7, 11) is 0. The highest BCUT2D eigenvalue weighted by atomic mass is 35.5. The monoisotopic (exact) mass is 522 g/mol. The van der Waals surface area contributed by atoms with Crippen molar-refractivity contribution in [2.75, 3.05) is 42.6 Å². The first-order chi connectivity index (χ1) is 17.2. The Bertz CT molecular complexity index is 1070. The van der Waals surface area contributed by atoms with E-state index in [1.807, 2.05) is 31.2 Å². The molecular weight excluding hydrogens is 490 g/mol. The molecule has 0 unspecified atom stereocenters. The zero-order chi connectivity index (χ0) is 26.2. The molecule has 8 nitrogen and oxygen atoms in total. The van der Waals surface area contributed by atoms with Gasteiger partial charge in [-0.1, -0.05) is 11.6 Å². The van der Waals surface area contributed by atoms with Gasteiger partial charge in [0.25, 0.3) is 12.0 Å². The molecule has 196 valence electrons. The Morgan fingerprint density at radius 1 is 0.972 bits per heavy atom. The summed E-state index contributed by atoms with van der Waals surface area (Å²) < 4.78 is 36.7. The first kappa shape index (κ1) is 27.3. The molecule has 0 spiro atoms. The molecular formula is C25H33ClF2N6O2. The highest BCUT2D eigenvalue weighted by molar-refractivity contribution is 6.30. The molecule has 0 bridgehead atoms. The van der Waals surface area contributed by atoms with Crippen LogP contribution >= 0.6 is 11.6 Å². The zero-order valence-corrected chi connectivity index (χ0v) is 21.5. The van der Waals surface area contributed by atoms with Gasteiger partial charge in [-0.05, 0) is 57.2 Å². The van der Waals surface area contributed by atoms with Crippen LogP contribution in [0.5, 0.6) is 0 Å². The Kier molecular flexibility index (Phi) is 9.58. The van der Waals surface area contributed by atoms with Crippen molar-refractivity contribution in [2.45, 2.75) is 38.9 Å². The Morgan fingerprint density at radius 2 is 1.56 bits per heavy atom. The number of nitrogens with zero attached hydrogens (tertiary/aromatic N) is 4. The molecule has 0 amide bonds. The van der Waals surface area contributed by atoms with E-state index in [-0.39, 0.29) is 18.1 Å². The molecule has 2 aromatic rings. The van der Waals surface area contributed by atoms with Gasteiger partial charge in [-0.25, -0.2) is 18.8 Å². The van der Waals surface area contributed by atoms with E-state index >= 15 is 0 Å². The van der Waals surface area contributed by atoms with Crippen molar-refractivity contribution < 1.29 is 18.3 Å². The molecule has 4 rings (SSSR count). The van der Waals surface area contributed by atoms with Crippen LogP contribution in [0.3, 0.4) is 0 Å². The van der Waals surface area contributed by atoms with E-state index in [2.05, 4.69) is 28.7 Å². The minimum absolute atomic E-state index is 0.100. The van der Waals surface area contributed by atoms with Crippen LogP contribution in [-0.4, -0.2) is 63.0 Å². The molecule has 0 saturated heterocycles. The topological polar surface area (TPSA) is 102 Å². The molecule has 11 heteroatoms. The third-order valence-corrected chi connectivity index (χ3v) is 5.97. The Labute approximate surface area is 215 Å². The quantitative estimate of drug-likeness (QED) is 0.547. The number of hydrogen-bond donors (Lipinski definition) is 2. The molecule has 0 radical (unpaired) electrons. The summed E-state index contributed by atoms with van der Waals surface area (Å²) in [5.74, 6) is -1.16. The van der Waals surface area contributed by atoms with Crippen LogP contribution in [0.4, 0.5) is 20.2 Å². The predicted molar refractivity (Wildman–Crippen MR) is 141 cm³/mol. The third kappa shape index (κ3) is 7.61. The van der Waals surface area contributed by atoms with Crippen LogP contribution < -0.4 is 21.3 Å². The summed E-state index contributed by atoms with van der Waals surface area (Å²) in [6.07, 6.45) is 0. The highest BCUT2D eigenvalue weighted by Crippen LogP contribution is 2.22. The Balaban J connectivity index is 0.000000201. The SMILES string of the molecule is CC(C)N(C[C@@H]1COC(N)=N1)c1ccc(Cl)cc1.CCN(C[C@H]1COC(N)=N1)c1ccc(F)cc1F. The van der Waals surface area contributed by atoms with Crippen molar-refractivity contribution in [3.63, 3.8) is 0 Å². The second-order valence-electron chi connectivity index (χ2n) is 8.72. The smallest absolute Gasteiger partial charge is 0.282 e. The Morgan fingerprint density at radius 3 is 2.03 bits per heavy atom. The maximum Gasteiger partial charge on any atom is 0.282 e. The maximum atomic E-state index is 13.7. The number of likely N-dealkylation sites (N-methyl/N-ethyl adjacent to an activating group) is 1. The lowest BCUT2D eigenvalue weighted by Gasteiger charge is -2.30. The number of ether oxygens (including phenoxy) is 2. The van der Waals surface area contributed by atoms with Gasteiger partial charge in [-0.15, -0.1) is 0 Å². The van der Waals surface area contributed by atoms with E-state index in [9.17, 15) is 8.78 Å². The summed E-state index contributed by atoms with van der Waals surface area (Å²) in [6.45, 7) is 9.02. The third-order valence-electron chi connectivity index (χ3n) is 5.72. The summed E-state index contributed by atoms with van der Waals surface area (Å²) in [6, 6.07) is 12.2. The van der Waals surface area contributed by atoms with Crippen molar-refractivity contribution in [1.29, 1.82) is 0 Å². The highest BCUT2D eigenvalue weighted by Gasteiger charge is 2.22. The lowest BCUT2D eigenvalue weighted by Crippen LogP contribution is -2.37. The van der Waals surface area contributed by atoms with Gasteiger partial charge < -0.3 is 30.7 Å². The molecule has 2 heterocycles. The number of hydrogen-bond acceptors (Lipinski definition) is 8. The molecule has 2 atom stereocenters. The van der Waals surface area contributed by atoms with E-state index in [0.717, 1.165) is 23.3 Å². The largest absolute Gasteiger partial charge is 0.463 e. The predicted octanol–water partition coefficient (Wildman–Crippen LogP) is 3.77. The van der Waals surface area contributed by atoms with E-state index in [4.69, 9.17) is 32.5 Å². The van der Waals surface area contributed by atoms with Gasteiger partial charge >= 0.3 is 0 Å². The van der Waals surface area contributed by atoms with Gasteiger partial charge in [0, 0.05) is 42.5 Å². The molecule has 2 aromatic carbocycles. The number of benzene rings is 2. The molecule has 0 aromatic heterocycles. The van der Waals surface area contributed by atoms with Gasteiger partial charge in [-0.2, -0.15) is 0 Å². The maximum absolute atomic E-state index is 13.7. The van der Waals surface area contributed by atoms with E-state index in [1.54, 1.807) is 4.90 Å². The van der Waals surface area contributed by atoms with Crippen LogP contribution in [0.1, 0.15) is 20.8 Å². The van der Waals surface area contributed by atoms with Gasteiger partial charge in [0.05, 0.1) is 5.69 Å². The lowest BCUT2D eigenvalue weighted by atomic mass is 10.2. The van der Waals surface area contributed by atoms with Crippen molar-refractivity contribution in [2.24, 2.45) is 21.5 Å². The van der Waals surface area contributed by atoms with Gasteiger partial charge in [0.15, 0.2) is 0 Å². The standard InChI is InChI=1S/C13H18ClN3O.C12H15F2N3O/c1-9(2)17(7-11-8-18-13(15)16-11)12-5-3-10(14)4-6-12;1-2-17(6-9-7-18-12(15)16-9)11-4-3-8(13)5-10(11)14/h3-6,9,11H,7-8H2,1-2H3,(H2,15,16);3-5,9H,2,6-7H2,1H3,(H2,15,16)/t11-;9-/m10/s1. The van der Waals surface area contributed by atoms with Crippen LogP contribution in [0, 0.1) is 11.6 Å². The second kappa shape index (κ2) is 12.6. The molecule has 4 N–H and O–H groups in total. The average molecular weight is 523 g/mol. The molecule has 0 aliphatic carbocycles. The van der Waals surface area contributed by atoms with Crippen LogP contribution in [-0.2, 0) is 9.47 Å². The summed E-state index contributed by atoms with van der Waals surface area (Å²) in [5.41, 5.74) is 12.4. The molecule has 36 heavy (non-hydrogen) atoms. The summed E-state index contributed by atoms with van der Waals surface area (Å²) >= 11 is 5.91. The fourth-order valence-electron chi connectivity index (χ4n) is 3.92. The number of aliphatic imine (C=N–C) groups is 2. The number of halogens is 3. The molecule has 0 saturated carbocycles. The minimum atomic E-state index is -0.584. The van der Waals surface area contributed by atoms with Crippen molar-refractivity contribution in [3.05, 3.63) is 59.1 Å². The summed E-state index contributed by atoms with van der Waals surface area (Å²) in [4.78, 5) is 12.4. The number of anilines is 2. The fourth-order valence-corrected chi connectivity index (χ4v) is 4.05. The normalized spacial score (nSPS) is 18.5. The number of rotatable bonds is 8. The van der Waals surface area contributed by atoms with E-state index < -0.39 is 11.6 Å². The van der Waals surface area contributed by atoms with E-state index in [1.165, 1.54) is 12.1 Å². The molecule has 2 aliphatic heterocycles. The fraction of sp³-hybridized carbons (Fsp3) is 0.440. The van der Waals surface area contributed by atoms with Crippen molar-refractivity contribution in [1.82, 2.24) is 0 Å². The molecule has 0 fully saturated rings.